The van der Waals surface area contributed by atoms with Crippen molar-refractivity contribution < 1.29 is 9.59 Å². The number of hydrogen-bond acceptors (Lipinski definition) is 2. The lowest BCUT2D eigenvalue weighted by atomic mass is 9.66. The van der Waals surface area contributed by atoms with Crippen LogP contribution in [0, 0.1) is 28.6 Å². The summed E-state index contributed by atoms with van der Waals surface area (Å²) in [6.07, 6.45) is 7.80. The van der Waals surface area contributed by atoms with Crippen LogP contribution in [0.3, 0.4) is 0 Å². The van der Waals surface area contributed by atoms with Crippen LogP contribution < -0.4 is 5.73 Å². The molecule has 2 saturated carbocycles. The molecular weight excluding hydrogens is 288 g/mol. The average Bonchev–Trinajstić information content (AvgIpc) is 3.15. The Morgan fingerprint density at radius 3 is 2.35 bits per heavy atom. The molecule has 4 heteroatoms. The zero-order chi connectivity index (χ0) is 16.8. The predicted octanol–water partition coefficient (Wildman–Crippen LogP) is 2.95. The molecule has 1 atom stereocenters. The number of nitrogens with two attached hydrogens (primary N) is 1. The zero-order valence-electron chi connectivity index (χ0n) is 14.9. The van der Waals surface area contributed by atoms with Crippen molar-refractivity contribution in [1.82, 2.24) is 4.90 Å². The lowest BCUT2D eigenvalue weighted by Gasteiger charge is -2.41. The summed E-state index contributed by atoms with van der Waals surface area (Å²) in [7, 11) is 0. The number of likely N-dealkylation sites (tertiary alicyclic amines) is 1. The predicted molar refractivity (Wildman–Crippen MR) is 90.5 cm³/mol. The Kier molecular flexibility index (Phi) is 4.22. The highest BCUT2D eigenvalue weighted by Crippen LogP contribution is 2.64. The number of primary amides is 1. The fourth-order valence-electron chi connectivity index (χ4n) is 4.90. The van der Waals surface area contributed by atoms with Crippen LogP contribution in [0.25, 0.3) is 0 Å². The second-order valence-corrected chi connectivity index (χ2v) is 9.02. The van der Waals surface area contributed by atoms with Crippen molar-refractivity contribution in [2.75, 3.05) is 13.1 Å². The van der Waals surface area contributed by atoms with E-state index in [1.54, 1.807) is 0 Å². The maximum Gasteiger partial charge on any atom is 0.226 e. The molecule has 0 aromatic carbocycles. The van der Waals surface area contributed by atoms with Crippen LogP contribution >= 0.6 is 0 Å². The van der Waals surface area contributed by atoms with E-state index in [2.05, 4.69) is 20.8 Å². The van der Waals surface area contributed by atoms with Gasteiger partial charge in [0.2, 0.25) is 11.8 Å². The molecule has 3 rings (SSSR count). The van der Waals surface area contributed by atoms with Gasteiger partial charge in [-0.25, -0.2) is 0 Å². The van der Waals surface area contributed by atoms with Crippen LogP contribution in [0.1, 0.15) is 65.7 Å². The number of rotatable bonds is 5. The maximum atomic E-state index is 12.6. The molecule has 4 nitrogen and oxygen atoms in total. The molecule has 0 bridgehead atoms. The SMILES string of the molecule is CCC(C)(C)C1CCC2(CC1)C[C@H]2C(=O)N1CC(CC(N)=O)C1. The van der Waals surface area contributed by atoms with E-state index < -0.39 is 0 Å². The summed E-state index contributed by atoms with van der Waals surface area (Å²) in [5, 5.41) is 0. The lowest BCUT2D eigenvalue weighted by Crippen LogP contribution is -2.52. The van der Waals surface area contributed by atoms with Gasteiger partial charge in [0.15, 0.2) is 0 Å². The lowest BCUT2D eigenvalue weighted by molar-refractivity contribution is -0.141. The van der Waals surface area contributed by atoms with Gasteiger partial charge in [0, 0.05) is 31.3 Å². The fourth-order valence-corrected chi connectivity index (χ4v) is 4.90. The van der Waals surface area contributed by atoms with Crippen molar-refractivity contribution in [2.45, 2.75) is 65.7 Å². The molecule has 1 heterocycles. The van der Waals surface area contributed by atoms with Gasteiger partial charge in [0.05, 0.1) is 0 Å². The van der Waals surface area contributed by atoms with E-state index in [1.165, 1.54) is 32.1 Å². The van der Waals surface area contributed by atoms with E-state index in [9.17, 15) is 9.59 Å². The second kappa shape index (κ2) is 5.78. The van der Waals surface area contributed by atoms with Crippen molar-refractivity contribution >= 4 is 11.8 Å². The summed E-state index contributed by atoms with van der Waals surface area (Å²) >= 11 is 0. The summed E-state index contributed by atoms with van der Waals surface area (Å²) in [5.41, 5.74) is 5.99. The van der Waals surface area contributed by atoms with Crippen molar-refractivity contribution in [3.8, 4) is 0 Å². The molecule has 2 amide bonds. The topological polar surface area (TPSA) is 63.4 Å². The summed E-state index contributed by atoms with van der Waals surface area (Å²) < 4.78 is 0. The molecule has 23 heavy (non-hydrogen) atoms. The third-order valence-electron chi connectivity index (χ3n) is 7.24. The quantitative estimate of drug-likeness (QED) is 0.846. The van der Waals surface area contributed by atoms with Crippen molar-refractivity contribution in [1.29, 1.82) is 0 Å². The molecule has 1 saturated heterocycles. The number of carbonyl (C=O) groups is 2. The average molecular weight is 320 g/mol. The summed E-state index contributed by atoms with van der Waals surface area (Å²) in [4.78, 5) is 25.5. The molecule has 3 fully saturated rings. The summed E-state index contributed by atoms with van der Waals surface area (Å²) in [5.74, 6) is 1.48. The number of amides is 2. The van der Waals surface area contributed by atoms with Crippen molar-refractivity contribution in [3.05, 3.63) is 0 Å². The first-order chi connectivity index (χ1) is 10.8. The van der Waals surface area contributed by atoms with Crippen LogP contribution in [0.5, 0.6) is 0 Å². The molecule has 0 unspecified atom stereocenters. The summed E-state index contributed by atoms with van der Waals surface area (Å²) in [6, 6.07) is 0. The van der Waals surface area contributed by atoms with Gasteiger partial charge in [-0.05, 0) is 48.9 Å². The monoisotopic (exact) mass is 320 g/mol. The highest BCUT2D eigenvalue weighted by atomic mass is 16.2. The van der Waals surface area contributed by atoms with Gasteiger partial charge in [-0.3, -0.25) is 9.59 Å². The third kappa shape index (κ3) is 3.14. The van der Waals surface area contributed by atoms with Gasteiger partial charge in [0.25, 0.3) is 0 Å². The third-order valence-corrected chi connectivity index (χ3v) is 7.24. The van der Waals surface area contributed by atoms with Crippen molar-refractivity contribution in [2.24, 2.45) is 34.3 Å². The Labute approximate surface area is 140 Å². The number of carbonyl (C=O) groups excluding carboxylic acids is 2. The van der Waals surface area contributed by atoms with Gasteiger partial charge in [-0.2, -0.15) is 0 Å². The molecule has 0 radical (unpaired) electrons. The van der Waals surface area contributed by atoms with E-state index >= 15 is 0 Å². The van der Waals surface area contributed by atoms with Gasteiger partial charge in [-0.1, -0.05) is 27.2 Å². The Hall–Kier alpha value is -1.06. The molecule has 1 spiro atoms. The van der Waals surface area contributed by atoms with E-state index in [1.807, 2.05) is 4.90 Å². The Morgan fingerprint density at radius 2 is 1.83 bits per heavy atom. The fraction of sp³-hybridized carbons (Fsp3) is 0.895. The molecule has 1 aliphatic heterocycles. The molecule has 130 valence electrons. The van der Waals surface area contributed by atoms with Crippen LogP contribution in [0.4, 0.5) is 0 Å². The number of nitrogens with zero attached hydrogens (tertiary/aromatic N) is 1. The summed E-state index contributed by atoms with van der Waals surface area (Å²) in [6.45, 7) is 8.55. The Bertz CT molecular complexity index is 486. The van der Waals surface area contributed by atoms with E-state index in [4.69, 9.17) is 5.73 Å². The minimum Gasteiger partial charge on any atom is -0.370 e. The molecule has 2 aliphatic carbocycles. The van der Waals surface area contributed by atoms with Crippen LogP contribution in [0.15, 0.2) is 0 Å². The first-order valence-corrected chi connectivity index (χ1v) is 9.34. The Balaban J connectivity index is 1.47. The van der Waals surface area contributed by atoms with Gasteiger partial charge >= 0.3 is 0 Å². The van der Waals surface area contributed by atoms with Gasteiger partial charge < -0.3 is 10.6 Å². The second-order valence-electron chi connectivity index (χ2n) is 9.02. The molecule has 3 aliphatic rings. The number of hydrogen-bond donors (Lipinski definition) is 1. The highest BCUT2D eigenvalue weighted by Gasteiger charge is 2.60. The normalized spacial score (nSPS) is 34.3. The maximum absolute atomic E-state index is 12.6. The van der Waals surface area contributed by atoms with E-state index in [0.717, 1.165) is 25.4 Å². The minimum atomic E-state index is -0.248. The zero-order valence-corrected chi connectivity index (χ0v) is 14.9. The minimum absolute atomic E-state index is 0.248. The highest BCUT2D eigenvalue weighted by molar-refractivity contribution is 5.84. The van der Waals surface area contributed by atoms with E-state index in [0.29, 0.717) is 29.1 Å². The molecule has 2 N–H and O–H groups in total. The van der Waals surface area contributed by atoms with Crippen LogP contribution in [0.2, 0.25) is 0 Å². The van der Waals surface area contributed by atoms with Crippen molar-refractivity contribution in [3.63, 3.8) is 0 Å². The van der Waals surface area contributed by atoms with Gasteiger partial charge in [-0.15, -0.1) is 0 Å². The first-order valence-electron chi connectivity index (χ1n) is 9.34. The molecule has 0 aromatic heterocycles. The van der Waals surface area contributed by atoms with Crippen LogP contribution in [-0.4, -0.2) is 29.8 Å². The Morgan fingerprint density at radius 1 is 1.22 bits per heavy atom. The first kappa shape index (κ1) is 16.8. The molecule has 0 aromatic rings. The van der Waals surface area contributed by atoms with E-state index in [-0.39, 0.29) is 11.8 Å². The van der Waals surface area contributed by atoms with Gasteiger partial charge in [0.1, 0.15) is 0 Å². The largest absolute Gasteiger partial charge is 0.370 e. The smallest absolute Gasteiger partial charge is 0.226 e. The molecular formula is C19H32N2O2. The van der Waals surface area contributed by atoms with Crippen LogP contribution in [-0.2, 0) is 9.59 Å². The standard InChI is InChI=1S/C19H32N2O2/c1-4-18(2,3)14-5-7-19(8-6-14)10-15(19)17(23)21-11-13(12-21)9-16(20)22/h13-15H,4-12H2,1-3H3,(H2,20,22)/t14?,15-,19?/m0/s1.